The molecule has 23 heavy (non-hydrogen) atoms. The third-order valence-corrected chi connectivity index (χ3v) is 4.78. The Hall–Kier alpha value is -2.43. The molecule has 1 fully saturated rings. The van der Waals surface area contributed by atoms with E-state index in [4.69, 9.17) is 4.98 Å². The number of urea groups is 1. The van der Waals surface area contributed by atoms with Crippen molar-refractivity contribution >= 4 is 6.03 Å². The van der Waals surface area contributed by atoms with Gasteiger partial charge in [-0.25, -0.2) is 14.8 Å². The van der Waals surface area contributed by atoms with Gasteiger partial charge in [0.25, 0.3) is 0 Å². The van der Waals surface area contributed by atoms with Crippen molar-refractivity contribution in [2.24, 2.45) is 0 Å². The van der Waals surface area contributed by atoms with Crippen LogP contribution >= 0.6 is 0 Å². The van der Waals surface area contributed by atoms with Crippen molar-refractivity contribution in [3.05, 3.63) is 47.8 Å². The van der Waals surface area contributed by atoms with Crippen LogP contribution in [-0.4, -0.2) is 33.5 Å². The van der Waals surface area contributed by atoms with Crippen molar-refractivity contribution in [1.82, 2.24) is 20.2 Å². The van der Waals surface area contributed by atoms with Gasteiger partial charge >= 0.3 is 6.03 Å². The van der Waals surface area contributed by atoms with Crippen LogP contribution in [0.2, 0.25) is 0 Å². The molecule has 2 aliphatic heterocycles. The molecule has 2 atom stereocenters. The summed E-state index contributed by atoms with van der Waals surface area (Å²) in [4.78, 5) is 23.7. The number of aromatic nitrogens is 2. The molecule has 1 aromatic carbocycles. The van der Waals surface area contributed by atoms with Crippen LogP contribution in [0.1, 0.15) is 37.1 Å². The lowest BCUT2D eigenvalue weighted by atomic mass is 9.99. The highest BCUT2D eigenvalue weighted by Gasteiger charge is 2.43. The molecule has 0 aliphatic carbocycles. The quantitative estimate of drug-likeness (QED) is 0.928. The number of nitrogens with one attached hydrogen (secondary N) is 1. The van der Waals surface area contributed by atoms with Crippen LogP contribution in [0.25, 0.3) is 11.4 Å². The molecule has 5 nitrogen and oxygen atoms in total. The monoisotopic (exact) mass is 308 g/mol. The van der Waals surface area contributed by atoms with Gasteiger partial charge in [0, 0.05) is 36.3 Å². The maximum atomic E-state index is 12.3. The Morgan fingerprint density at radius 3 is 2.91 bits per heavy atom. The number of carbonyl (C=O) groups excluding carboxylic acids is 1. The molecule has 2 aliphatic rings. The maximum Gasteiger partial charge on any atom is 0.318 e. The maximum absolute atomic E-state index is 12.3. The van der Waals surface area contributed by atoms with Gasteiger partial charge in [-0.2, -0.15) is 0 Å². The first kappa shape index (κ1) is 14.2. The van der Waals surface area contributed by atoms with E-state index in [2.05, 4.69) is 10.3 Å². The van der Waals surface area contributed by atoms with Crippen molar-refractivity contribution in [3.63, 3.8) is 0 Å². The molecule has 3 heterocycles. The van der Waals surface area contributed by atoms with Gasteiger partial charge < -0.3 is 10.2 Å². The van der Waals surface area contributed by atoms with Crippen molar-refractivity contribution in [1.29, 1.82) is 0 Å². The summed E-state index contributed by atoms with van der Waals surface area (Å²) in [6.07, 6.45) is 4.79. The van der Waals surface area contributed by atoms with Gasteiger partial charge in [-0.15, -0.1) is 0 Å². The average Bonchev–Trinajstić information content (AvgIpc) is 2.91. The van der Waals surface area contributed by atoms with E-state index >= 15 is 0 Å². The molecule has 0 saturated carbocycles. The van der Waals surface area contributed by atoms with E-state index in [0.29, 0.717) is 6.54 Å². The van der Waals surface area contributed by atoms with E-state index in [1.165, 1.54) is 0 Å². The molecule has 2 amide bonds. The molecule has 1 saturated heterocycles. The highest BCUT2D eigenvalue weighted by Crippen LogP contribution is 2.43. The van der Waals surface area contributed by atoms with Gasteiger partial charge in [-0.05, 0) is 19.8 Å². The van der Waals surface area contributed by atoms with Crippen LogP contribution in [0.5, 0.6) is 0 Å². The Morgan fingerprint density at radius 1 is 1.30 bits per heavy atom. The van der Waals surface area contributed by atoms with Crippen molar-refractivity contribution in [2.45, 2.75) is 38.3 Å². The Labute approximate surface area is 135 Å². The van der Waals surface area contributed by atoms with Crippen LogP contribution in [0, 0.1) is 0 Å². The van der Waals surface area contributed by atoms with Crippen molar-refractivity contribution in [3.8, 4) is 11.4 Å². The van der Waals surface area contributed by atoms with Gasteiger partial charge in [0.2, 0.25) is 0 Å². The predicted octanol–water partition coefficient (Wildman–Crippen LogP) is 2.93. The fourth-order valence-electron chi connectivity index (χ4n) is 3.76. The number of rotatable bonds is 2. The second kappa shape index (κ2) is 5.65. The minimum atomic E-state index is 0.0396. The minimum Gasteiger partial charge on any atom is -0.338 e. The van der Waals surface area contributed by atoms with Crippen LogP contribution < -0.4 is 5.32 Å². The molecule has 0 spiro atoms. The fourth-order valence-corrected chi connectivity index (χ4v) is 3.76. The molecular weight excluding hydrogens is 288 g/mol. The molecule has 1 N–H and O–H groups in total. The Kier molecular flexibility index (Phi) is 3.48. The topological polar surface area (TPSA) is 58.1 Å². The Morgan fingerprint density at radius 2 is 2.13 bits per heavy atom. The van der Waals surface area contributed by atoms with E-state index in [1.54, 1.807) is 0 Å². The summed E-state index contributed by atoms with van der Waals surface area (Å²) in [6.45, 7) is 2.61. The van der Waals surface area contributed by atoms with Gasteiger partial charge in [0.15, 0.2) is 5.82 Å². The summed E-state index contributed by atoms with van der Waals surface area (Å²) >= 11 is 0. The molecule has 4 rings (SSSR count). The number of carbonyl (C=O) groups is 1. The molecule has 0 radical (unpaired) electrons. The van der Waals surface area contributed by atoms with Gasteiger partial charge in [-0.1, -0.05) is 30.3 Å². The van der Waals surface area contributed by atoms with E-state index in [1.807, 2.05) is 48.4 Å². The predicted molar refractivity (Wildman–Crippen MR) is 87.8 cm³/mol. The van der Waals surface area contributed by atoms with Crippen LogP contribution in [0.4, 0.5) is 4.79 Å². The van der Waals surface area contributed by atoms with E-state index < -0.39 is 0 Å². The van der Waals surface area contributed by atoms with Gasteiger partial charge in [-0.3, -0.25) is 0 Å². The first-order valence-electron chi connectivity index (χ1n) is 8.25. The smallest absolute Gasteiger partial charge is 0.318 e. The minimum absolute atomic E-state index is 0.0396. The second-order valence-corrected chi connectivity index (χ2v) is 6.16. The lowest BCUT2D eigenvalue weighted by Crippen LogP contribution is -2.47. The third kappa shape index (κ3) is 2.36. The lowest BCUT2D eigenvalue weighted by molar-refractivity contribution is 0.165. The van der Waals surface area contributed by atoms with Crippen molar-refractivity contribution < 1.29 is 4.79 Å². The number of fused-ring (bicyclic) bond motifs is 4. The van der Waals surface area contributed by atoms with E-state index in [0.717, 1.165) is 41.9 Å². The summed E-state index contributed by atoms with van der Waals surface area (Å²) in [6, 6.07) is 10.5. The van der Waals surface area contributed by atoms with Crippen LogP contribution in [0.15, 0.2) is 36.5 Å². The largest absolute Gasteiger partial charge is 0.338 e. The zero-order valence-corrected chi connectivity index (χ0v) is 13.2. The summed E-state index contributed by atoms with van der Waals surface area (Å²) in [5.41, 5.74) is 3.25. The van der Waals surface area contributed by atoms with E-state index in [-0.39, 0.29) is 18.1 Å². The highest BCUT2D eigenvalue weighted by atomic mass is 16.2. The molecule has 0 unspecified atom stereocenters. The van der Waals surface area contributed by atoms with Crippen LogP contribution in [-0.2, 0) is 6.42 Å². The first-order valence-corrected chi connectivity index (χ1v) is 8.25. The van der Waals surface area contributed by atoms with Crippen molar-refractivity contribution in [2.75, 3.05) is 6.54 Å². The zero-order valence-electron chi connectivity index (χ0n) is 13.2. The number of nitrogens with zero attached hydrogens (tertiary/aromatic N) is 3. The number of hydrogen-bond acceptors (Lipinski definition) is 3. The van der Waals surface area contributed by atoms with Crippen LogP contribution in [0.3, 0.4) is 0 Å². The highest BCUT2D eigenvalue weighted by molar-refractivity contribution is 5.76. The molecule has 2 aromatic rings. The summed E-state index contributed by atoms with van der Waals surface area (Å²) in [7, 11) is 0. The zero-order chi connectivity index (χ0) is 15.8. The number of amides is 2. The Balaban J connectivity index is 1.68. The Bertz CT molecular complexity index is 731. The molecular formula is C18H20N4O. The fraction of sp³-hybridized carbons (Fsp3) is 0.389. The third-order valence-electron chi connectivity index (χ3n) is 4.78. The normalized spacial score (nSPS) is 21.9. The van der Waals surface area contributed by atoms with Gasteiger partial charge in [0.05, 0.1) is 11.7 Å². The SMILES string of the molecule is CCNC(=O)N1[C@H]2CC[C@@H]1c1cnc(-c3ccccc3)nc1C2. The second-order valence-electron chi connectivity index (χ2n) is 6.16. The standard InChI is InChI=1S/C18H20N4O/c1-2-19-18(23)22-13-8-9-16(22)14-11-20-17(21-15(14)10-13)12-6-4-3-5-7-12/h3-7,11,13,16H,2,8-10H2,1H3,(H,19,23)/t13-,16+/m0/s1. The van der Waals surface area contributed by atoms with E-state index in [9.17, 15) is 4.79 Å². The average molecular weight is 308 g/mol. The summed E-state index contributed by atoms with van der Waals surface area (Å²) in [5, 5.41) is 2.93. The molecule has 118 valence electrons. The first-order chi connectivity index (χ1) is 11.3. The lowest BCUT2D eigenvalue weighted by Gasteiger charge is -2.35. The summed E-state index contributed by atoms with van der Waals surface area (Å²) < 4.78 is 0. The molecule has 2 bridgehead atoms. The number of benzene rings is 1. The molecule has 5 heteroatoms. The van der Waals surface area contributed by atoms with Gasteiger partial charge in [0.1, 0.15) is 0 Å². The summed E-state index contributed by atoms with van der Waals surface area (Å²) in [5.74, 6) is 0.773. The number of hydrogen-bond donors (Lipinski definition) is 1. The molecule has 1 aromatic heterocycles.